The molecular formula is C20H29Cl2N3O. The molecular weight excluding hydrogens is 369 g/mol. The largest absolute Gasteiger partial charge is 0.337 e. The maximum atomic E-state index is 12.9. The van der Waals surface area contributed by atoms with E-state index in [1.165, 1.54) is 39.0 Å². The van der Waals surface area contributed by atoms with Crippen LogP contribution in [0.25, 0.3) is 0 Å². The van der Waals surface area contributed by atoms with Crippen LogP contribution in [0.15, 0.2) is 30.3 Å². The summed E-state index contributed by atoms with van der Waals surface area (Å²) in [4.78, 5) is 17.7. The summed E-state index contributed by atoms with van der Waals surface area (Å²) in [6, 6.07) is 10.4. The molecule has 5 aliphatic rings. The molecule has 2 bridgehead atoms. The number of benzene rings is 1. The van der Waals surface area contributed by atoms with Crippen LogP contribution >= 0.6 is 24.8 Å². The number of carbonyl (C=O) groups excluding carboxylic acids is 1. The third-order valence-electron chi connectivity index (χ3n) is 6.85. The number of rotatable bonds is 3. The van der Waals surface area contributed by atoms with Crippen molar-refractivity contribution in [3.63, 3.8) is 0 Å². The molecule has 4 nitrogen and oxygen atoms in total. The van der Waals surface area contributed by atoms with Crippen LogP contribution in [0, 0.1) is 23.7 Å². The molecule has 1 aromatic carbocycles. The van der Waals surface area contributed by atoms with E-state index in [1.807, 2.05) is 30.3 Å². The number of amides is 1. The zero-order valence-corrected chi connectivity index (χ0v) is 16.7. The Bertz CT molecular complexity index is 619. The molecule has 0 aromatic heterocycles. The van der Waals surface area contributed by atoms with E-state index in [-0.39, 0.29) is 30.7 Å². The first-order valence-corrected chi connectivity index (χ1v) is 9.58. The Balaban J connectivity index is 0.000000980. The van der Waals surface area contributed by atoms with Gasteiger partial charge in [0.15, 0.2) is 0 Å². The molecule has 4 saturated heterocycles. The third-order valence-corrected chi connectivity index (χ3v) is 6.85. The first-order chi connectivity index (χ1) is 11.8. The molecule has 1 saturated carbocycles. The summed E-state index contributed by atoms with van der Waals surface area (Å²) in [5, 5.41) is 3.50. The highest BCUT2D eigenvalue weighted by Gasteiger charge is 2.53. The van der Waals surface area contributed by atoms with Gasteiger partial charge < -0.3 is 10.2 Å². The Labute approximate surface area is 168 Å². The monoisotopic (exact) mass is 397 g/mol. The van der Waals surface area contributed by atoms with Crippen molar-refractivity contribution in [1.82, 2.24) is 15.1 Å². The average molecular weight is 398 g/mol. The number of carbonyl (C=O) groups is 1. The number of nitrogens with one attached hydrogen (secondary N) is 1. The molecule has 1 aliphatic carbocycles. The van der Waals surface area contributed by atoms with E-state index < -0.39 is 0 Å². The lowest BCUT2D eigenvalue weighted by Crippen LogP contribution is -2.45. The van der Waals surface area contributed by atoms with Crippen LogP contribution < -0.4 is 5.32 Å². The molecule has 6 rings (SSSR count). The van der Waals surface area contributed by atoms with Crippen molar-refractivity contribution < 1.29 is 4.79 Å². The summed E-state index contributed by atoms with van der Waals surface area (Å²) < 4.78 is 0. The fraction of sp³-hybridized carbons (Fsp3) is 0.650. The Morgan fingerprint density at radius 1 is 1.00 bits per heavy atom. The summed E-state index contributed by atoms with van der Waals surface area (Å²) in [7, 11) is 0. The van der Waals surface area contributed by atoms with Crippen molar-refractivity contribution in [3.05, 3.63) is 35.9 Å². The van der Waals surface area contributed by atoms with Crippen LogP contribution in [-0.4, -0.2) is 61.0 Å². The van der Waals surface area contributed by atoms with Gasteiger partial charge >= 0.3 is 0 Å². The van der Waals surface area contributed by atoms with Crippen LogP contribution in [0.1, 0.15) is 23.2 Å². The number of hydrogen-bond donors (Lipinski definition) is 1. The molecule has 26 heavy (non-hydrogen) atoms. The number of piperidine rings is 2. The Hall–Kier alpha value is -0.810. The number of fused-ring (bicyclic) bond motifs is 5. The topological polar surface area (TPSA) is 35.6 Å². The van der Waals surface area contributed by atoms with Crippen LogP contribution in [0.4, 0.5) is 0 Å². The molecule has 1 unspecified atom stereocenters. The first kappa shape index (κ1) is 19.9. The van der Waals surface area contributed by atoms with E-state index in [0.29, 0.717) is 12.0 Å². The molecule has 0 radical (unpaired) electrons. The highest BCUT2D eigenvalue weighted by atomic mass is 35.5. The molecule has 6 heteroatoms. The zero-order valence-electron chi connectivity index (χ0n) is 15.0. The Morgan fingerprint density at radius 2 is 1.73 bits per heavy atom. The molecule has 1 N–H and O–H groups in total. The zero-order chi connectivity index (χ0) is 16.1. The molecule has 1 amide bonds. The van der Waals surface area contributed by atoms with Crippen LogP contribution in [0.2, 0.25) is 0 Å². The van der Waals surface area contributed by atoms with Crippen LogP contribution in [0.5, 0.6) is 0 Å². The molecule has 4 aliphatic heterocycles. The van der Waals surface area contributed by atoms with Gasteiger partial charge in [0, 0.05) is 37.8 Å². The molecule has 5 atom stereocenters. The van der Waals surface area contributed by atoms with Crippen molar-refractivity contribution in [3.8, 4) is 0 Å². The van der Waals surface area contributed by atoms with Gasteiger partial charge in [0.05, 0.1) is 0 Å². The molecule has 0 spiro atoms. The van der Waals surface area contributed by atoms with E-state index in [4.69, 9.17) is 0 Å². The lowest BCUT2D eigenvalue weighted by Gasteiger charge is -2.36. The van der Waals surface area contributed by atoms with Gasteiger partial charge in [0.25, 0.3) is 5.91 Å². The van der Waals surface area contributed by atoms with Gasteiger partial charge in [-0.1, -0.05) is 18.2 Å². The van der Waals surface area contributed by atoms with E-state index >= 15 is 0 Å². The molecule has 144 valence electrons. The van der Waals surface area contributed by atoms with Gasteiger partial charge in [0.1, 0.15) is 0 Å². The molecule has 5 fully saturated rings. The van der Waals surface area contributed by atoms with E-state index in [9.17, 15) is 4.79 Å². The predicted octanol–water partition coefficient (Wildman–Crippen LogP) is 2.53. The van der Waals surface area contributed by atoms with Gasteiger partial charge in [-0.3, -0.25) is 9.69 Å². The number of halogens is 2. The lowest BCUT2D eigenvalue weighted by atomic mass is 9.94. The maximum Gasteiger partial charge on any atom is 0.253 e. The third kappa shape index (κ3) is 3.62. The standard InChI is InChI=1S/C20H27N3O.2ClH/c24-20(15-4-2-1-3-5-15)23-11-14-6-7-16(12-23)22(10-14)13-19-17-8-21-9-18(17)19;;/h1-5,14,16-19,21H,6-13H2;2*1H/t14-,16-,17-,18+,19?;;/m1../s1. The smallest absolute Gasteiger partial charge is 0.253 e. The van der Waals surface area contributed by atoms with Crippen molar-refractivity contribution in [2.24, 2.45) is 23.7 Å². The van der Waals surface area contributed by atoms with Crippen LogP contribution in [0.3, 0.4) is 0 Å². The van der Waals surface area contributed by atoms with Gasteiger partial charge in [-0.15, -0.1) is 24.8 Å². The molecule has 1 aromatic rings. The van der Waals surface area contributed by atoms with E-state index in [0.717, 1.165) is 36.4 Å². The minimum Gasteiger partial charge on any atom is -0.337 e. The van der Waals surface area contributed by atoms with E-state index in [2.05, 4.69) is 15.1 Å². The summed E-state index contributed by atoms with van der Waals surface area (Å²) in [5.41, 5.74) is 0.841. The van der Waals surface area contributed by atoms with Gasteiger partial charge in [-0.25, -0.2) is 0 Å². The highest BCUT2D eigenvalue weighted by Crippen LogP contribution is 2.49. The first-order valence-electron chi connectivity index (χ1n) is 9.58. The Kier molecular flexibility index (Phi) is 6.18. The van der Waals surface area contributed by atoms with Crippen LogP contribution in [-0.2, 0) is 0 Å². The molecule has 4 heterocycles. The van der Waals surface area contributed by atoms with Gasteiger partial charge in [-0.05, 0) is 61.7 Å². The van der Waals surface area contributed by atoms with Crippen molar-refractivity contribution >= 4 is 30.7 Å². The second-order valence-electron chi connectivity index (χ2n) is 8.28. The normalized spacial score (nSPS) is 35.1. The van der Waals surface area contributed by atoms with Crippen molar-refractivity contribution in [1.29, 1.82) is 0 Å². The average Bonchev–Trinajstić information content (AvgIpc) is 3.17. The maximum absolute atomic E-state index is 12.9. The number of nitrogens with zero attached hydrogens (tertiary/aromatic N) is 2. The minimum absolute atomic E-state index is 0. The quantitative estimate of drug-likeness (QED) is 0.850. The van der Waals surface area contributed by atoms with Gasteiger partial charge in [-0.2, -0.15) is 0 Å². The van der Waals surface area contributed by atoms with Gasteiger partial charge in [0.2, 0.25) is 0 Å². The summed E-state index contributed by atoms with van der Waals surface area (Å²) in [5.74, 6) is 3.68. The van der Waals surface area contributed by atoms with E-state index in [1.54, 1.807) is 0 Å². The van der Waals surface area contributed by atoms with Crippen molar-refractivity contribution in [2.45, 2.75) is 18.9 Å². The second kappa shape index (κ2) is 8.05. The fourth-order valence-corrected chi connectivity index (χ4v) is 5.42. The number of hydrogen-bond acceptors (Lipinski definition) is 3. The summed E-state index contributed by atoms with van der Waals surface area (Å²) >= 11 is 0. The van der Waals surface area contributed by atoms with Crippen molar-refractivity contribution in [2.75, 3.05) is 39.3 Å². The fourth-order valence-electron chi connectivity index (χ4n) is 5.42. The Morgan fingerprint density at radius 3 is 2.46 bits per heavy atom. The predicted molar refractivity (Wildman–Crippen MR) is 108 cm³/mol. The minimum atomic E-state index is 0. The lowest BCUT2D eigenvalue weighted by molar-refractivity contribution is 0.0735. The highest BCUT2D eigenvalue weighted by molar-refractivity contribution is 5.94. The second-order valence-corrected chi connectivity index (χ2v) is 8.28. The summed E-state index contributed by atoms with van der Waals surface area (Å²) in [6.07, 6.45) is 2.56. The summed E-state index contributed by atoms with van der Waals surface area (Å²) in [6.45, 7) is 6.80. The SMILES string of the molecule is Cl.Cl.O=C(c1ccccc1)N1C[C@@H]2CC[C@H](C1)N(CC1[C@H]3CNC[C@@H]13)C2.